The Hall–Kier alpha value is -2.77. The molecule has 2 amide bonds. The molecule has 1 atom stereocenters. The van der Waals surface area contributed by atoms with Crippen molar-refractivity contribution in [1.82, 2.24) is 15.1 Å². The van der Waals surface area contributed by atoms with Crippen LogP contribution < -0.4 is 10.6 Å². The topological polar surface area (TPSA) is 64.7 Å². The highest BCUT2D eigenvalue weighted by atomic mass is 19.1. The maximum absolute atomic E-state index is 13.1. The first-order valence-corrected chi connectivity index (χ1v) is 10.7. The highest BCUT2D eigenvalue weighted by Crippen LogP contribution is 2.18. The van der Waals surface area contributed by atoms with Crippen molar-refractivity contribution in [3.05, 3.63) is 65.0 Å². The van der Waals surface area contributed by atoms with Gasteiger partial charge in [0.25, 0.3) is 5.91 Å². The average Bonchev–Trinajstić information content (AvgIpc) is 2.73. The van der Waals surface area contributed by atoms with Crippen LogP contribution in [-0.4, -0.2) is 60.9 Å². The second kappa shape index (κ2) is 10.5. The largest absolute Gasteiger partial charge is 0.336 e. The molecule has 0 aliphatic carbocycles. The zero-order chi connectivity index (χ0) is 22.4. The predicted molar refractivity (Wildman–Crippen MR) is 121 cm³/mol. The van der Waals surface area contributed by atoms with Gasteiger partial charge in [-0.2, -0.15) is 0 Å². The molecule has 0 spiro atoms. The fraction of sp³-hybridized carbons (Fsp3) is 0.417. The molecule has 1 unspecified atom stereocenters. The normalized spacial score (nSPS) is 15.5. The molecule has 1 heterocycles. The predicted octanol–water partition coefficient (Wildman–Crippen LogP) is 2.89. The van der Waals surface area contributed by atoms with Gasteiger partial charge in [0, 0.05) is 56.9 Å². The lowest BCUT2D eigenvalue weighted by atomic mass is 10.0. The number of anilines is 1. The van der Waals surface area contributed by atoms with Gasteiger partial charge in [0.2, 0.25) is 5.91 Å². The number of hydrogen-bond donors (Lipinski definition) is 2. The van der Waals surface area contributed by atoms with Gasteiger partial charge in [-0.1, -0.05) is 12.1 Å². The van der Waals surface area contributed by atoms with Gasteiger partial charge in [-0.15, -0.1) is 0 Å². The summed E-state index contributed by atoms with van der Waals surface area (Å²) in [6.45, 7) is 7.18. The number of hydrogen-bond acceptors (Lipinski definition) is 4. The Kier molecular flexibility index (Phi) is 7.76. The molecule has 2 aromatic rings. The summed E-state index contributed by atoms with van der Waals surface area (Å²) < 4.78 is 13.1. The Morgan fingerprint density at radius 1 is 1.03 bits per heavy atom. The van der Waals surface area contributed by atoms with E-state index in [4.69, 9.17) is 0 Å². The van der Waals surface area contributed by atoms with Crippen LogP contribution in [0.3, 0.4) is 0 Å². The van der Waals surface area contributed by atoms with Crippen molar-refractivity contribution in [3.8, 4) is 0 Å². The van der Waals surface area contributed by atoms with Gasteiger partial charge in [-0.3, -0.25) is 9.59 Å². The van der Waals surface area contributed by atoms with Crippen molar-refractivity contribution in [3.63, 3.8) is 0 Å². The highest BCUT2D eigenvalue weighted by molar-refractivity contribution is 5.97. The van der Waals surface area contributed by atoms with Crippen LogP contribution in [-0.2, 0) is 17.8 Å². The number of piperazine rings is 1. The second-order valence-electron chi connectivity index (χ2n) is 8.31. The number of nitrogens with one attached hydrogen (secondary N) is 2. The van der Waals surface area contributed by atoms with E-state index in [1.54, 1.807) is 18.2 Å². The van der Waals surface area contributed by atoms with E-state index in [1.807, 2.05) is 17.0 Å². The van der Waals surface area contributed by atoms with Gasteiger partial charge < -0.3 is 20.4 Å². The average molecular weight is 427 g/mol. The monoisotopic (exact) mass is 426 g/mol. The molecule has 1 fully saturated rings. The first kappa shape index (κ1) is 22.9. The van der Waals surface area contributed by atoms with Crippen molar-refractivity contribution in [2.75, 3.05) is 38.5 Å². The first-order chi connectivity index (χ1) is 14.8. The number of amides is 2. The van der Waals surface area contributed by atoms with E-state index >= 15 is 0 Å². The quantitative estimate of drug-likeness (QED) is 0.715. The molecular weight excluding hydrogens is 395 g/mol. The number of likely N-dealkylation sites (N-methyl/N-ethyl adjacent to an activating group) is 1. The number of benzene rings is 2. The van der Waals surface area contributed by atoms with Crippen LogP contribution in [0.5, 0.6) is 0 Å². The summed E-state index contributed by atoms with van der Waals surface area (Å²) in [5, 5.41) is 6.26. The van der Waals surface area contributed by atoms with Gasteiger partial charge >= 0.3 is 0 Å². The van der Waals surface area contributed by atoms with Gasteiger partial charge in [0.1, 0.15) is 5.82 Å². The number of rotatable bonds is 7. The van der Waals surface area contributed by atoms with Crippen LogP contribution >= 0.6 is 0 Å². The number of carbonyl (C=O) groups is 2. The fourth-order valence-corrected chi connectivity index (χ4v) is 3.72. The van der Waals surface area contributed by atoms with Gasteiger partial charge in [-0.05, 0) is 61.9 Å². The Morgan fingerprint density at radius 2 is 1.71 bits per heavy atom. The smallest absolute Gasteiger partial charge is 0.254 e. The minimum absolute atomic E-state index is 0.0130. The Morgan fingerprint density at radius 3 is 2.35 bits per heavy atom. The maximum atomic E-state index is 13.1. The molecule has 166 valence electrons. The van der Waals surface area contributed by atoms with Crippen LogP contribution in [0.25, 0.3) is 0 Å². The van der Waals surface area contributed by atoms with E-state index in [9.17, 15) is 14.0 Å². The van der Waals surface area contributed by atoms with E-state index in [0.29, 0.717) is 30.9 Å². The summed E-state index contributed by atoms with van der Waals surface area (Å²) in [6, 6.07) is 12.2. The summed E-state index contributed by atoms with van der Waals surface area (Å²) in [6.07, 6.45) is 0.763. The van der Waals surface area contributed by atoms with Crippen molar-refractivity contribution < 1.29 is 14.0 Å². The van der Waals surface area contributed by atoms with Gasteiger partial charge in [0.05, 0.1) is 0 Å². The lowest BCUT2D eigenvalue weighted by molar-refractivity contribution is -0.114. The Balaban J connectivity index is 1.69. The molecule has 6 nitrogen and oxygen atoms in total. The third-order valence-electron chi connectivity index (χ3n) is 5.46. The fourth-order valence-electron chi connectivity index (χ4n) is 3.72. The molecule has 0 radical (unpaired) electrons. The highest BCUT2D eigenvalue weighted by Gasteiger charge is 2.21. The van der Waals surface area contributed by atoms with Crippen LogP contribution in [0.2, 0.25) is 0 Å². The van der Waals surface area contributed by atoms with E-state index in [0.717, 1.165) is 30.6 Å². The zero-order valence-corrected chi connectivity index (χ0v) is 18.5. The summed E-state index contributed by atoms with van der Waals surface area (Å²) in [5.41, 5.74) is 3.18. The van der Waals surface area contributed by atoms with Crippen LogP contribution in [0.4, 0.5) is 10.1 Å². The third kappa shape index (κ3) is 6.87. The molecule has 0 saturated carbocycles. The molecule has 31 heavy (non-hydrogen) atoms. The van der Waals surface area contributed by atoms with Crippen LogP contribution in [0, 0.1) is 5.82 Å². The molecule has 0 aromatic heterocycles. The van der Waals surface area contributed by atoms with E-state index in [-0.39, 0.29) is 23.7 Å². The first-order valence-electron chi connectivity index (χ1n) is 10.7. The molecule has 1 aliphatic heterocycles. The summed E-state index contributed by atoms with van der Waals surface area (Å²) in [4.78, 5) is 28.7. The Labute approximate surface area is 183 Å². The number of carbonyl (C=O) groups excluding carboxylic acids is 2. The molecule has 1 saturated heterocycles. The number of nitrogens with zero attached hydrogens (tertiary/aromatic N) is 2. The summed E-state index contributed by atoms with van der Waals surface area (Å²) in [5.74, 6) is -0.426. The molecule has 7 heteroatoms. The maximum Gasteiger partial charge on any atom is 0.254 e. The lowest BCUT2D eigenvalue weighted by Crippen LogP contribution is -2.47. The minimum atomic E-state index is -0.239. The van der Waals surface area contributed by atoms with Gasteiger partial charge in [0.15, 0.2) is 0 Å². The molecule has 1 aliphatic rings. The standard InChI is InChI=1S/C24H31FN4O2/c1-17(12-19-4-6-22(25)7-5-19)26-16-20-13-21(15-23(14-20)27-18(2)30)24(31)29-10-8-28(3)9-11-29/h4-7,13-15,17,26H,8-12,16H2,1-3H3,(H,27,30). The van der Waals surface area contributed by atoms with Crippen molar-refractivity contribution in [2.45, 2.75) is 32.9 Å². The Bertz CT molecular complexity index is 908. The zero-order valence-electron chi connectivity index (χ0n) is 18.5. The SMILES string of the molecule is CC(=O)Nc1cc(CNC(C)Cc2ccc(F)cc2)cc(C(=O)N2CCN(C)CC2)c1. The lowest BCUT2D eigenvalue weighted by Gasteiger charge is -2.32. The molecule has 3 rings (SSSR count). The second-order valence-corrected chi connectivity index (χ2v) is 8.31. The molecule has 2 N–H and O–H groups in total. The minimum Gasteiger partial charge on any atom is -0.336 e. The van der Waals surface area contributed by atoms with Gasteiger partial charge in [-0.25, -0.2) is 4.39 Å². The van der Waals surface area contributed by atoms with Crippen molar-refractivity contribution in [1.29, 1.82) is 0 Å². The third-order valence-corrected chi connectivity index (χ3v) is 5.46. The summed E-state index contributed by atoms with van der Waals surface area (Å²) >= 11 is 0. The molecule has 2 aromatic carbocycles. The van der Waals surface area contributed by atoms with Crippen LogP contribution in [0.1, 0.15) is 35.3 Å². The van der Waals surface area contributed by atoms with E-state index < -0.39 is 0 Å². The molecular formula is C24H31FN4O2. The van der Waals surface area contributed by atoms with E-state index in [2.05, 4.69) is 29.5 Å². The van der Waals surface area contributed by atoms with Crippen molar-refractivity contribution >= 4 is 17.5 Å². The van der Waals surface area contributed by atoms with E-state index in [1.165, 1.54) is 19.1 Å². The van der Waals surface area contributed by atoms with Crippen molar-refractivity contribution in [2.24, 2.45) is 0 Å². The number of halogens is 1. The molecule has 0 bridgehead atoms. The summed E-state index contributed by atoms with van der Waals surface area (Å²) in [7, 11) is 2.05. The van der Waals surface area contributed by atoms with Crippen LogP contribution in [0.15, 0.2) is 42.5 Å².